The molecule has 0 amide bonds. The summed E-state index contributed by atoms with van der Waals surface area (Å²) in [6.45, 7) is 40.8. The Hall–Kier alpha value is -7.33. The summed E-state index contributed by atoms with van der Waals surface area (Å²) in [7, 11) is 0. The minimum atomic E-state index is -0.445. The van der Waals surface area contributed by atoms with Gasteiger partial charge >= 0.3 is 0 Å². The number of nitrogens with zero attached hydrogens (tertiary/aromatic N) is 4. The van der Waals surface area contributed by atoms with Crippen LogP contribution in [0.2, 0.25) is 0 Å². The van der Waals surface area contributed by atoms with Gasteiger partial charge in [0.15, 0.2) is 0 Å². The second kappa shape index (κ2) is 21.6. The molecule has 84 heavy (non-hydrogen) atoms. The summed E-state index contributed by atoms with van der Waals surface area (Å²) in [4.78, 5) is 4.90. The van der Waals surface area contributed by atoms with Gasteiger partial charge in [0.05, 0.1) is 23.6 Å². The van der Waals surface area contributed by atoms with Crippen molar-refractivity contribution in [3.05, 3.63) is 222 Å². The van der Waals surface area contributed by atoms with Gasteiger partial charge in [-0.15, -0.1) is 29.7 Å². The van der Waals surface area contributed by atoms with Gasteiger partial charge in [0.1, 0.15) is 5.82 Å². The van der Waals surface area contributed by atoms with E-state index in [1.807, 2.05) is 59.3 Å². The zero-order chi connectivity index (χ0) is 63.7. The number of ether oxygens (including phenoxy) is 1. The van der Waals surface area contributed by atoms with Crippen LogP contribution in [-0.2, 0) is 53.6 Å². The summed E-state index contributed by atoms with van der Waals surface area (Å²) in [5, 5.41) is 2.10. The van der Waals surface area contributed by atoms with Crippen LogP contribution >= 0.6 is 0 Å². The fraction of sp³-hybridized carbons (Fsp3) is 0.308. The third kappa shape index (κ3) is 11.8. The molecule has 432 valence electrons. The second-order valence-corrected chi connectivity index (χ2v) is 28.8. The maximum atomic E-state index is 9.19. The van der Waals surface area contributed by atoms with E-state index in [4.69, 9.17) is 13.8 Å². The van der Waals surface area contributed by atoms with Crippen LogP contribution in [0.4, 0.5) is 0 Å². The van der Waals surface area contributed by atoms with E-state index >= 15 is 0 Å². The Bertz CT molecular complexity index is 4410. The summed E-state index contributed by atoms with van der Waals surface area (Å²) in [5.41, 5.74) is 15.7. The van der Waals surface area contributed by atoms with Crippen LogP contribution in [0.15, 0.2) is 170 Å². The van der Waals surface area contributed by atoms with Crippen molar-refractivity contribution in [2.75, 3.05) is 0 Å². The smallest absolute Gasteiger partial charge is 0.268 e. The third-order valence-corrected chi connectivity index (χ3v) is 16.2. The van der Waals surface area contributed by atoms with E-state index in [0.717, 1.165) is 61.1 Å². The minimum absolute atomic E-state index is 0. The van der Waals surface area contributed by atoms with E-state index in [2.05, 4.69) is 237 Å². The van der Waals surface area contributed by atoms with E-state index in [-0.39, 0.29) is 71.2 Å². The predicted octanol–water partition coefficient (Wildman–Crippen LogP) is 20.4. The molecule has 0 aliphatic rings. The standard InChI is InChI=1S/C78H82N4O.Pt/c1-73(2,3)54-35-36-79-71(46-54)82-67-30-23-22-29-63(67)64-33-32-62(48-69(64)82)83-61-28-24-27-60(47-61)80-49-81(68-34-31-51(41-70(68)80)50-25-20-19-21-26-50)72-65(52-37-55(74(4,5)6)42-56(38-52)75(7,8)9)44-59(78(16,17)18)45-66(72)53-39-57(76(10,11)12)43-58(40-53)77(13,14)15;/h19-46H,1-18H3;/q-2;/i19D,20D,21D,25D,26D;. The van der Waals surface area contributed by atoms with Crippen molar-refractivity contribution in [3.63, 3.8) is 0 Å². The summed E-state index contributed by atoms with van der Waals surface area (Å²) < 4.78 is 57.5. The number of benzene rings is 8. The summed E-state index contributed by atoms with van der Waals surface area (Å²) >= 11 is 0. The molecule has 0 radical (unpaired) electrons. The Morgan fingerprint density at radius 2 is 0.988 bits per heavy atom. The van der Waals surface area contributed by atoms with Gasteiger partial charge in [0, 0.05) is 44.3 Å². The fourth-order valence-corrected chi connectivity index (χ4v) is 11.0. The van der Waals surface area contributed by atoms with E-state index in [1.165, 1.54) is 33.4 Å². The average molecular weight is 1290 g/mol. The first kappa shape index (κ1) is 53.4. The van der Waals surface area contributed by atoms with Gasteiger partial charge in [-0.05, 0) is 135 Å². The molecular weight excluding hydrogens is 1200 g/mol. The molecule has 0 aliphatic heterocycles. The third-order valence-electron chi connectivity index (χ3n) is 16.2. The van der Waals surface area contributed by atoms with Crippen molar-refractivity contribution < 1.29 is 37.2 Å². The van der Waals surface area contributed by atoms with E-state index < -0.39 is 18.1 Å². The molecule has 0 saturated heterocycles. The maximum Gasteiger partial charge on any atom is 0.268 e. The van der Waals surface area contributed by atoms with Crippen molar-refractivity contribution in [2.24, 2.45) is 0 Å². The Kier molecular flexibility index (Phi) is 13.7. The van der Waals surface area contributed by atoms with Crippen molar-refractivity contribution in [1.29, 1.82) is 0 Å². The molecule has 6 heteroatoms. The monoisotopic (exact) mass is 1290 g/mol. The molecule has 3 aromatic heterocycles. The molecule has 0 unspecified atom stereocenters. The van der Waals surface area contributed by atoms with Crippen LogP contribution in [0.25, 0.3) is 83.4 Å². The number of pyridine rings is 1. The number of hydrogen-bond acceptors (Lipinski definition) is 2. The van der Waals surface area contributed by atoms with Crippen molar-refractivity contribution in [1.82, 2.24) is 14.1 Å². The molecule has 0 atom stereocenters. The van der Waals surface area contributed by atoms with Crippen molar-refractivity contribution >= 4 is 32.8 Å². The average Bonchev–Trinajstić information content (AvgIpc) is 2.04. The van der Waals surface area contributed by atoms with Crippen LogP contribution in [-0.4, -0.2) is 14.1 Å². The molecule has 0 N–H and O–H groups in total. The first-order valence-corrected chi connectivity index (χ1v) is 29.2. The number of rotatable bonds is 8. The van der Waals surface area contributed by atoms with Crippen LogP contribution in [0.1, 0.15) is 165 Å². The molecular formula is C78H82N4OPt-2. The van der Waals surface area contributed by atoms with Gasteiger partial charge < -0.3 is 13.9 Å². The molecule has 5 nitrogen and oxygen atoms in total. The molecule has 0 saturated carbocycles. The fourth-order valence-electron chi connectivity index (χ4n) is 11.0. The van der Waals surface area contributed by atoms with Crippen LogP contribution in [0.3, 0.4) is 0 Å². The number of aromatic nitrogens is 4. The van der Waals surface area contributed by atoms with Crippen molar-refractivity contribution in [2.45, 2.75) is 157 Å². The molecule has 0 bridgehead atoms. The minimum Gasteiger partial charge on any atom is -0.510 e. The normalized spacial score (nSPS) is 13.6. The largest absolute Gasteiger partial charge is 0.510 e. The number of hydrogen-bond donors (Lipinski definition) is 0. The number of imidazole rings is 1. The molecule has 0 aliphatic carbocycles. The van der Waals surface area contributed by atoms with Gasteiger partial charge in [-0.1, -0.05) is 239 Å². The van der Waals surface area contributed by atoms with Crippen LogP contribution in [0, 0.1) is 18.5 Å². The topological polar surface area (TPSA) is 35.9 Å². The first-order valence-electron chi connectivity index (χ1n) is 31.7. The SMILES string of the molecule is [2H]c1c([2H])c([2H])c(-c2ccc3c(c2)n(-c2[c-]c(Oc4[c-]c5c(cc4)c4ccccc4n5-c4cc(C(C)(C)C)ccn4)ccc2)[c-][n+]3-c2c(-c3cc(C(C)(C)C)cc(C(C)(C)C)c3)cc(C(C)(C)C)cc2-c2cc(C(C)(C)C)cc(C(C)(C)C)c2)c([2H])c1[2H].[Pt]. The molecule has 8 aromatic carbocycles. The first-order chi connectivity index (χ1) is 41.0. The van der Waals surface area contributed by atoms with Gasteiger partial charge in [-0.3, -0.25) is 4.57 Å². The van der Waals surface area contributed by atoms with Crippen LogP contribution in [0.5, 0.6) is 11.5 Å². The predicted molar refractivity (Wildman–Crippen MR) is 348 cm³/mol. The molecule has 0 spiro atoms. The molecule has 11 aromatic rings. The van der Waals surface area contributed by atoms with Crippen molar-refractivity contribution in [3.8, 4) is 62.1 Å². The Morgan fingerprint density at radius 3 is 1.55 bits per heavy atom. The van der Waals surface area contributed by atoms with Gasteiger partial charge in [0.25, 0.3) is 6.33 Å². The van der Waals surface area contributed by atoms with E-state index in [1.54, 1.807) is 0 Å². The Labute approximate surface area is 522 Å². The Morgan fingerprint density at radius 1 is 0.452 bits per heavy atom. The van der Waals surface area contributed by atoms with Crippen LogP contribution < -0.4 is 9.30 Å². The zero-order valence-electron chi connectivity index (χ0n) is 57.3. The molecule has 3 heterocycles. The van der Waals surface area contributed by atoms with E-state index in [9.17, 15) is 2.74 Å². The molecule has 11 rings (SSSR count). The zero-order valence-corrected chi connectivity index (χ0v) is 54.6. The van der Waals surface area contributed by atoms with Gasteiger partial charge in [-0.2, -0.15) is 18.2 Å². The number of fused-ring (bicyclic) bond motifs is 4. The summed E-state index contributed by atoms with van der Waals surface area (Å²) in [6, 6.07) is 52.6. The second-order valence-electron chi connectivity index (χ2n) is 28.8. The summed E-state index contributed by atoms with van der Waals surface area (Å²) in [5.74, 6) is 1.72. The maximum absolute atomic E-state index is 9.19. The quantitative estimate of drug-likeness (QED) is 0.112. The summed E-state index contributed by atoms with van der Waals surface area (Å²) in [6.07, 6.45) is 5.80. The number of para-hydroxylation sites is 1. The van der Waals surface area contributed by atoms with Gasteiger partial charge in [0.2, 0.25) is 0 Å². The molecule has 0 fully saturated rings. The van der Waals surface area contributed by atoms with Gasteiger partial charge in [-0.25, -0.2) is 4.98 Å². The Balaban J connectivity index is 0.00000873. The van der Waals surface area contributed by atoms with E-state index in [0.29, 0.717) is 28.3 Å².